The van der Waals surface area contributed by atoms with Crippen LogP contribution in [0.5, 0.6) is 0 Å². The van der Waals surface area contributed by atoms with Gasteiger partial charge in [-0.05, 0) is 64.0 Å². The van der Waals surface area contributed by atoms with Gasteiger partial charge in [-0.2, -0.15) is 206 Å². The molecule has 0 fully saturated rings. The third kappa shape index (κ3) is 29.2. The third-order valence-electron chi connectivity index (χ3n) is 20.0. The molecule has 626 valence electrons. The number of fused-ring (bicyclic) bond motifs is 12. The second-order valence-electron chi connectivity index (χ2n) is 25.9. The average molecular weight is 2020 g/mol. The summed E-state index contributed by atoms with van der Waals surface area (Å²) in [6.45, 7) is 30.8. The fourth-order valence-corrected chi connectivity index (χ4v) is 14.4. The zero-order valence-electron chi connectivity index (χ0n) is 79.0. The molecule has 0 saturated heterocycles. The molecule has 6 nitrogen and oxygen atoms in total. The molecule has 1 heterocycles. The van der Waals surface area contributed by atoms with Crippen LogP contribution in [0.15, 0.2) is 291 Å². The molecule has 3 aliphatic rings. The average Bonchev–Trinajstić information content (AvgIpc) is 1.63. The van der Waals surface area contributed by atoms with E-state index in [1.807, 2.05) is 224 Å². The summed E-state index contributed by atoms with van der Waals surface area (Å²) < 4.78 is 2.25. The molecule has 3 unspecified atom stereocenters. The minimum atomic E-state index is 0. The van der Waals surface area contributed by atoms with Gasteiger partial charge in [0.05, 0.1) is 0 Å². The predicted molar refractivity (Wildman–Crippen MR) is 526 cm³/mol. The Morgan fingerprint density at radius 3 is 0.984 bits per heavy atom. The second kappa shape index (κ2) is 63.4. The molecular formula is C113H129N6Y5. The Balaban J connectivity index is -0.00000141. The van der Waals surface area contributed by atoms with Crippen molar-refractivity contribution in [2.24, 2.45) is 7.05 Å². The molecule has 0 saturated carbocycles. The van der Waals surface area contributed by atoms with Crippen LogP contribution in [0.1, 0.15) is 155 Å². The van der Waals surface area contributed by atoms with Gasteiger partial charge in [0.15, 0.2) is 0 Å². The smallest absolute Gasteiger partial charge is 0.395 e. The third-order valence-corrected chi connectivity index (χ3v) is 20.0. The normalized spacial score (nSPS) is 11.5. The van der Waals surface area contributed by atoms with Crippen molar-refractivity contribution in [2.75, 3.05) is 59.7 Å². The summed E-state index contributed by atoms with van der Waals surface area (Å²) in [5, 5.41) is 2.54. The number of hydrogen-bond acceptors (Lipinski definition) is 5. The zero-order chi connectivity index (χ0) is 82.2. The summed E-state index contributed by atoms with van der Waals surface area (Å²) in [5.41, 5.74) is 29.5. The summed E-state index contributed by atoms with van der Waals surface area (Å²) in [5.74, 6) is 1.32. The maximum Gasteiger partial charge on any atom is 3.00 e. The van der Waals surface area contributed by atoms with Crippen molar-refractivity contribution in [3.63, 3.8) is 0 Å². The van der Waals surface area contributed by atoms with Crippen LogP contribution < -0.4 is 24.5 Å². The Bertz CT molecular complexity index is 5320. The van der Waals surface area contributed by atoms with E-state index in [9.17, 15) is 0 Å². The van der Waals surface area contributed by atoms with Crippen molar-refractivity contribution in [1.82, 2.24) is 4.57 Å². The van der Waals surface area contributed by atoms with E-state index in [1.165, 1.54) is 88.6 Å². The molecule has 124 heavy (non-hydrogen) atoms. The van der Waals surface area contributed by atoms with Crippen molar-refractivity contribution in [3.05, 3.63) is 422 Å². The van der Waals surface area contributed by atoms with Gasteiger partial charge in [-0.25, -0.2) is 0 Å². The van der Waals surface area contributed by atoms with Crippen LogP contribution in [0.25, 0.3) is 55.2 Å². The Kier molecular flexibility index (Phi) is 62.1. The van der Waals surface area contributed by atoms with E-state index in [-0.39, 0.29) is 201 Å². The predicted octanol–water partition coefficient (Wildman–Crippen LogP) is 31.7. The molecule has 14 aromatic carbocycles. The van der Waals surface area contributed by atoms with Gasteiger partial charge in [0, 0.05) is 40.8 Å². The number of hydrogen-bond donors (Lipinski definition) is 0. The van der Waals surface area contributed by atoms with E-state index in [4.69, 9.17) is 0 Å². The van der Waals surface area contributed by atoms with Gasteiger partial charge in [0.25, 0.3) is 0 Å². The van der Waals surface area contributed by atoms with E-state index < -0.39 is 0 Å². The van der Waals surface area contributed by atoms with E-state index in [0.717, 1.165) is 56.9 Å². The van der Waals surface area contributed by atoms with E-state index in [1.54, 1.807) is 0 Å². The van der Waals surface area contributed by atoms with Gasteiger partial charge in [0.1, 0.15) is 0 Å². The molecule has 0 amide bonds. The molecule has 0 bridgehead atoms. The van der Waals surface area contributed by atoms with Crippen molar-refractivity contribution < 1.29 is 164 Å². The first kappa shape index (κ1) is 122. The largest absolute Gasteiger partial charge is 3.00 e. The van der Waals surface area contributed by atoms with Crippen LogP contribution in [0, 0.1) is 97.8 Å². The quantitative estimate of drug-likeness (QED) is 0.127. The molecule has 0 aliphatic heterocycles. The number of nitrogens with zero attached hydrogens (tertiary/aromatic N) is 6. The molecule has 3 atom stereocenters. The maximum absolute atomic E-state index is 3.44. The number of para-hydroxylation sites is 7. The molecule has 0 spiro atoms. The van der Waals surface area contributed by atoms with Gasteiger partial charge < -0.3 is 66.2 Å². The zero-order valence-corrected chi connectivity index (χ0v) is 93.2. The first-order chi connectivity index (χ1) is 55.9. The molecule has 0 N–H and O–H groups in total. The Labute approximate surface area is 879 Å². The van der Waals surface area contributed by atoms with Crippen molar-refractivity contribution in [3.8, 4) is 33.4 Å². The minimum absolute atomic E-state index is 0. The standard InChI is InChI=1S/3C21H17N.C20H16N2.C13H11N.6C2H6.5CH3.5Y/c1-15-17-11-6-7-12-19(17)21-18(15)13-8-14-20(21)22(2)16-9-4-3-5-10-16;1-15-18-10-6-7-11-20(18)21-14-17(12-13-19(15)21)22(2)16-8-4-3-5-9-16;1-15-18-10-6-7-11-19(18)20-13-12-17(14-21(15)20)22(2)16-8-4-3-5-9-16;1-21(15-9-4-3-5-10-15)19-14-8-12-17-16-11-6-7-13-18(16)22(2)20(17)19;1-14(12-8-4-2-5-9-12)13-10-6-3-7-11-13;6*1-2;;;;;;;;;;/h3-9,11-13,15H,1-2H3;2*3-8,10-11,13-15H,1-2H3;3-9,11-13H,1-2H3;2-8,10H,1H3;6*1-2H3;5*1H3;;;;;/q5*-2;;;;;;;5*-1;5*+3. The molecule has 0 radical (unpaired) electrons. The van der Waals surface area contributed by atoms with Crippen LogP contribution in [0.2, 0.25) is 0 Å². The Morgan fingerprint density at radius 2 is 0.556 bits per heavy atom. The van der Waals surface area contributed by atoms with Gasteiger partial charge in [-0.15, -0.1) is 87.3 Å². The van der Waals surface area contributed by atoms with Crippen LogP contribution >= 0.6 is 0 Å². The summed E-state index contributed by atoms with van der Waals surface area (Å²) in [7, 11) is 12.4. The van der Waals surface area contributed by atoms with Crippen molar-refractivity contribution in [2.45, 2.75) is 122 Å². The minimum Gasteiger partial charge on any atom is -0.395 e. The maximum atomic E-state index is 3.44. The number of aromatic nitrogens is 1. The summed E-state index contributed by atoms with van der Waals surface area (Å²) in [4.78, 5) is 10.6. The molecular weight excluding hydrogens is 1890 g/mol. The number of aryl methyl sites for hydroxylation is 1. The number of anilines is 10. The first-order valence-corrected chi connectivity index (χ1v) is 40.7. The molecule has 1 aromatic heterocycles. The summed E-state index contributed by atoms with van der Waals surface area (Å²) in [6, 6.07) is 133. The van der Waals surface area contributed by atoms with Crippen LogP contribution in [0.3, 0.4) is 0 Å². The van der Waals surface area contributed by atoms with E-state index in [2.05, 4.69) is 303 Å². The molecule has 18 rings (SSSR count). The first-order valence-electron chi connectivity index (χ1n) is 40.7. The summed E-state index contributed by atoms with van der Waals surface area (Å²) in [6.07, 6.45) is 0. The topological polar surface area (TPSA) is 21.1 Å². The van der Waals surface area contributed by atoms with E-state index in [0.29, 0.717) is 17.8 Å². The fraction of sp³-hybridized carbons (Fsp3) is 0.212. The fourth-order valence-electron chi connectivity index (χ4n) is 14.4. The van der Waals surface area contributed by atoms with Crippen molar-refractivity contribution in [1.29, 1.82) is 0 Å². The van der Waals surface area contributed by atoms with Gasteiger partial charge >= 0.3 is 164 Å². The van der Waals surface area contributed by atoms with Crippen molar-refractivity contribution >= 4 is 78.7 Å². The van der Waals surface area contributed by atoms with Gasteiger partial charge in [-0.1, -0.05) is 263 Å². The Hall–Kier alpha value is -6.60. The van der Waals surface area contributed by atoms with Gasteiger partial charge in [0.2, 0.25) is 0 Å². The SMILES string of the molecule is CC.CC.CC.CC.CC.CC.CC1c2c[c-]c(N(C)c3[c-]cccc3)cc2-c2ccccc21.CC1c2ccccc2-c2c(N(C)c3[c-]cccc3)[c-]ccc21.CC1c2ccccc2-c2c[c-]c(N(C)c3[c-]cccc3)cc21.CN(c1[c-]cccc1)c1[c-]ccc2c3ccccc3n(C)c12.CN(c1[c-]cccc1)c1[c-]cccc1.[CH3-].[CH3-].[CH3-].[CH3-].[CH3-].[Y+3].[Y+3].[Y+3].[Y+3].[Y+3]. The molecule has 3 aliphatic carbocycles. The molecule has 11 heteroatoms. The number of rotatable bonds is 10. The van der Waals surface area contributed by atoms with Crippen LogP contribution in [0.4, 0.5) is 56.9 Å². The van der Waals surface area contributed by atoms with Crippen LogP contribution in [-0.4, -0.2) is 39.8 Å². The number of benzene rings is 14. The second-order valence-corrected chi connectivity index (χ2v) is 25.9. The van der Waals surface area contributed by atoms with Crippen LogP contribution in [-0.2, 0) is 171 Å². The molecule has 15 aromatic rings. The van der Waals surface area contributed by atoms with Gasteiger partial charge in [-0.3, -0.25) is 0 Å². The van der Waals surface area contributed by atoms with E-state index >= 15 is 0 Å². The Morgan fingerprint density at radius 1 is 0.242 bits per heavy atom. The monoisotopic (exact) mass is 2010 g/mol. The summed E-state index contributed by atoms with van der Waals surface area (Å²) >= 11 is 0.